The summed E-state index contributed by atoms with van der Waals surface area (Å²) in [6.07, 6.45) is 2.69. The molecule has 0 unspecified atom stereocenters. The monoisotopic (exact) mass is 326 g/mol. The molecule has 0 spiro atoms. The fourth-order valence-corrected chi connectivity index (χ4v) is 2.21. The van der Waals surface area contributed by atoms with Crippen LogP contribution in [0, 0.1) is 0 Å². The molecular formula is C15H22N2O4S. The first kappa shape index (κ1) is 18.2. The van der Waals surface area contributed by atoms with Crippen LogP contribution in [0.1, 0.15) is 12.8 Å². The highest BCUT2D eigenvalue weighted by atomic mass is 32.2. The molecule has 0 heterocycles. The van der Waals surface area contributed by atoms with Gasteiger partial charge in [0.1, 0.15) is 12.4 Å². The molecule has 22 heavy (non-hydrogen) atoms. The van der Waals surface area contributed by atoms with Crippen molar-refractivity contribution in [2.75, 3.05) is 25.2 Å². The number of amides is 2. The van der Waals surface area contributed by atoms with E-state index in [-0.39, 0.29) is 25.0 Å². The van der Waals surface area contributed by atoms with E-state index in [1.165, 1.54) is 0 Å². The van der Waals surface area contributed by atoms with Gasteiger partial charge in [-0.25, -0.2) is 4.79 Å². The fourth-order valence-electron chi connectivity index (χ4n) is 1.69. The second-order valence-electron chi connectivity index (χ2n) is 4.65. The summed E-state index contributed by atoms with van der Waals surface area (Å²) in [6.45, 7) is 0.479. The highest BCUT2D eigenvalue weighted by Gasteiger charge is 2.13. The van der Waals surface area contributed by atoms with Crippen molar-refractivity contribution in [2.24, 2.45) is 0 Å². The topological polar surface area (TPSA) is 87.7 Å². The van der Waals surface area contributed by atoms with Gasteiger partial charge in [0.2, 0.25) is 0 Å². The van der Waals surface area contributed by atoms with Crippen LogP contribution in [0.4, 0.5) is 4.79 Å². The van der Waals surface area contributed by atoms with E-state index >= 15 is 0 Å². The van der Waals surface area contributed by atoms with Gasteiger partial charge in [-0.15, -0.1) is 0 Å². The van der Waals surface area contributed by atoms with Crippen molar-refractivity contribution in [3.63, 3.8) is 0 Å². The minimum absolute atomic E-state index is 0.0938. The molecule has 0 bridgehead atoms. The van der Waals surface area contributed by atoms with Gasteiger partial charge in [0, 0.05) is 6.54 Å². The number of carboxylic acids is 1. The number of ether oxygens (including phenoxy) is 1. The fraction of sp³-hybridized carbons (Fsp3) is 0.467. The number of thioether (sulfide) groups is 1. The summed E-state index contributed by atoms with van der Waals surface area (Å²) >= 11 is 1.70. The molecule has 1 rings (SSSR count). The lowest BCUT2D eigenvalue weighted by Gasteiger charge is -2.19. The third-order valence-corrected chi connectivity index (χ3v) is 3.47. The highest BCUT2D eigenvalue weighted by Crippen LogP contribution is 2.10. The molecule has 0 aromatic heterocycles. The Kier molecular flexibility index (Phi) is 8.90. The van der Waals surface area contributed by atoms with Gasteiger partial charge >= 0.3 is 12.0 Å². The van der Waals surface area contributed by atoms with Crippen molar-refractivity contribution in [2.45, 2.75) is 18.9 Å². The minimum atomic E-state index is -0.938. The zero-order valence-corrected chi connectivity index (χ0v) is 13.4. The SMILES string of the molecule is CSCC[C@@H](COc1ccccc1)NC(=O)NCCC(=O)O. The molecule has 0 aliphatic rings. The Labute approximate surface area is 134 Å². The van der Waals surface area contributed by atoms with Crippen molar-refractivity contribution in [1.29, 1.82) is 0 Å². The van der Waals surface area contributed by atoms with E-state index < -0.39 is 5.97 Å². The Morgan fingerprint density at radius 1 is 1.32 bits per heavy atom. The Hall–Kier alpha value is -1.89. The molecule has 0 aliphatic carbocycles. The van der Waals surface area contributed by atoms with Gasteiger partial charge in [-0.3, -0.25) is 4.79 Å². The van der Waals surface area contributed by atoms with Crippen LogP contribution >= 0.6 is 11.8 Å². The van der Waals surface area contributed by atoms with Crippen molar-refractivity contribution >= 4 is 23.8 Å². The third kappa shape index (κ3) is 8.41. The van der Waals surface area contributed by atoms with Gasteiger partial charge in [-0.2, -0.15) is 11.8 Å². The zero-order valence-electron chi connectivity index (χ0n) is 12.6. The Morgan fingerprint density at radius 2 is 2.05 bits per heavy atom. The predicted octanol–water partition coefficient (Wildman–Crippen LogP) is 1.96. The molecule has 0 aliphatic heterocycles. The van der Waals surface area contributed by atoms with E-state index in [1.807, 2.05) is 36.6 Å². The largest absolute Gasteiger partial charge is 0.491 e. The molecule has 0 saturated carbocycles. The van der Waals surface area contributed by atoms with Gasteiger partial charge < -0.3 is 20.5 Å². The molecule has 2 amide bonds. The standard InChI is InChI=1S/C15H22N2O4S/c1-22-10-8-12(11-21-13-5-3-2-4-6-13)17-15(20)16-9-7-14(18)19/h2-6,12H,7-11H2,1H3,(H,18,19)(H2,16,17,20)/t12-/m0/s1. The summed E-state index contributed by atoms with van der Waals surface area (Å²) in [4.78, 5) is 22.1. The second kappa shape index (κ2) is 10.8. The summed E-state index contributed by atoms with van der Waals surface area (Å²) in [6, 6.07) is 8.90. The second-order valence-corrected chi connectivity index (χ2v) is 5.63. The smallest absolute Gasteiger partial charge is 0.315 e. The maximum absolute atomic E-state index is 11.7. The zero-order chi connectivity index (χ0) is 16.2. The molecule has 0 radical (unpaired) electrons. The number of hydrogen-bond donors (Lipinski definition) is 3. The molecule has 0 saturated heterocycles. The number of benzene rings is 1. The van der Waals surface area contributed by atoms with E-state index in [9.17, 15) is 9.59 Å². The Balaban J connectivity index is 2.38. The summed E-state index contributed by atoms with van der Waals surface area (Å²) in [5.41, 5.74) is 0. The first-order valence-corrected chi connectivity index (χ1v) is 8.44. The van der Waals surface area contributed by atoms with Crippen LogP contribution in [0.2, 0.25) is 0 Å². The average molecular weight is 326 g/mol. The molecule has 7 heteroatoms. The van der Waals surface area contributed by atoms with Crippen molar-refractivity contribution < 1.29 is 19.4 Å². The number of aliphatic carboxylic acids is 1. The van der Waals surface area contributed by atoms with Crippen LogP contribution in [0.5, 0.6) is 5.75 Å². The van der Waals surface area contributed by atoms with Gasteiger partial charge in [0.25, 0.3) is 0 Å². The van der Waals surface area contributed by atoms with E-state index in [0.717, 1.165) is 17.9 Å². The maximum atomic E-state index is 11.7. The van der Waals surface area contributed by atoms with Crippen molar-refractivity contribution in [1.82, 2.24) is 10.6 Å². The minimum Gasteiger partial charge on any atom is -0.491 e. The number of carboxylic acid groups (broad SMARTS) is 1. The van der Waals surface area contributed by atoms with Crippen LogP contribution in [-0.4, -0.2) is 48.3 Å². The van der Waals surface area contributed by atoms with Gasteiger partial charge in [0.05, 0.1) is 12.5 Å². The molecule has 1 atom stereocenters. The third-order valence-electron chi connectivity index (χ3n) is 2.82. The van der Waals surface area contributed by atoms with Crippen LogP contribution in [-0.2, 0) is 4.79 Å². The van der Waals surface area contributed by atoms with E-state index in [2.05, 4.69) is 10.6 Å². The molecule has 1 aromatic carbocycles. The first-order chi connectivity index (χ1) is 10.6. The number of para-hydroxylation sites is 1. The molecular weight excluding hydrogens is 304 g/mol. The Bertz CT molecular complexity index is 456. The lowest BCUT2D eigenvalue weighted by molar-refractivity contribution is -0.136. The van der Waals surface area contributed by atoms with Crippen LogP contribution in [0.3, 0.4) is 0 Å². The van der Waals surface area contributed by atoms with Crippen molar-refractivity contribution in [3.05, 3.63) is 30.3 Å². The summed E-state index contributed by atoms with van der Waals surface area (Å²) in [5, 5.41) is 13.9. The van der Waals surface area contributed by atoms with Gasteiger partial charge in [-0.1, -0.05) is 18.2 Å². The lowest BCUT2D eigenvalue weighted by Crippen LogP contribution is -2.45. The average Bonchev–Trinajstić information content (AvgIpc) is 2.50. The van der Waals surface area contributed by atoms with Crippen LogP contribution < -0.4 is 15.4 Å². The number of urea groups is 1. The van der Waals surface area contributed by atoms with Crippen LogP contribution in [0.15, 0.2) is 30.3 Å². The summed E-state index contributed by atoms with van der Waals surface area (Å²) in [5.74, 6) is 0.717. The Morgan fingerprint density at radius 3 is 2.68 bits per heavy atom. The van der Waals surface area contributed by atoms with Crippen LogP contribution in [0.25, 0.3) is 0 Å². The van der Waals surface area contributed by atoms with E-state index in [1.54, 1.807) is 11.8 Å². The number of rotatable bonds is 10. The number of hydrogen-bond acceptors (Lipinski definition) is 4. The number of nitrogens with one attached hydrogen (secondary N) is 2. The summed E-state index contributed by atoms with van der Waals surface area (Å²) in [7, 11) is 0. The van der Waals surface area contributed by atoms with Gasteiger partial charge in [-0.05, 0) is 30.6 Å². The van der Waals surface area contributed by atoms with E-state index in [4.69, 9.17) is 9.84 Å². The molecule has 0 fully saturated rings. The normalized spacial score (nSPS) is 11.5. The molecule has 1 aromatic rings. The predicted molar refractivity (Wildman–Crippen MR) is 87.5 cm³/mol. The molecule has 3 N–H and O–H groups in total. The highest BCUT2D eigenvalue weighted by molar-refractivity contribution is 7.98. The molecule has 6 nitrogen and oxygen atoms in total. The van der Waals surface area contributed by atoms with Crippen molar-refractivity contribution in [3.8, 4) is 5.75 Å². The number of carbonyl (C=O) groups excluding carboxylic acids is 1. The van der Waals surface area contributed by atoms with E-state index in [0.29, 0.717) is 6.61 Å². The summed E-state index contributed by atoms with van der Waals surface area (Å²) < 4.78 is 5.66. The maximum Gasteiger partial charge on any atom is 0.315 e. The quantitative estimate of drug-likeness (QED) is 0.612. The lowest BCUT2D eigenvalue weighted by atomic mass is 10.2. The molecule has 122 valence electrons. The number of carbonyl (C=O) groups is 2. The van der Waals surface area contributed by atoms with Gasteiger partial charge in [0.15, 0.2) is 0 Å². The first-order valence-electron chi connectivity index (χ1n) is 7.04.